The second-order valence-electron chi connectivity index (χ2n) is 12.0. The minimum absolute atomic E-state index is 0.0788. The van der Waals surface area contributed by atoms with E-state index in [1.807, 2.05) is 19.2 Å². The predicted molar refractivity (Wildman–Crippen MR) is 158 cm³/mol. The van der Waals surface area contributed by atoms with Crippen LogP contribution in [0.5, 0.6) is 11.6 Å². The number of anilines is 1. The van der Waals surface area contributed by atoms with Crippen molar-refractivity contribution in [3.8, 4) is 22.8 Å². The molecule has 1 aliphatic heterocycles. The van der Waals surface area contributed by atoms with Gasteiger partial charge in [-0.05, 0) is 76.3 Å². The Morgan fingerprint density at radius 2 is 1.61 bits per heavy atom. The fourth-order valence-corrected chi connectivity index (χ4v) is 4.37. The second kappa shape index (κ2) is 13.8. The molecule has 0 unspecified atom stereocenters. The lowest BCUT2D eigenvalue weighted by Gasteiger charge is -2.40. The van der Waals surface area contributed by atoms with Gasteiger partial charge in [0.15, 0.2) is 0 Å². The number of benzene rings is 1. The van der Waals surface area contributed by atoms with Crippen molar-refractivity contribution in [3.63, 3.8) is 0 Å². The summed E-state index contributed by atoms with van der Waals surface area (Å²) in [4.78, 5) is 22.9. The van der Waals surface area contributed by atoms with E-state index in [1.165, 1.54) is 12.1 Å². The maximum Gasteiger partial charge on any atom is 0.307 e. The number of piperidine rings is 1. The highest BCUT2D eigenvalue weighted by molar-refractivity contribution is 5.84. The highest BCUT2D eigenvalue weighted by Gasteiger charge is 2.29. The molecular formula is C32H42FN3O5. The topological polar surface area (TPSA) is 105 Å². The summed E-state index contributed by atoms with van der Waals surface area (Å²) in [5.74, 6) is -0.163. The van der Waals surface area contributed by atoms with E-state index in [1.54, 1.807) is 45.2 Å². The standard InChI is InChI=1S/C28H32FN3O4.C4H10O/c1-19-23(16-26(33)34)27(32-12-10-28(2,3)11-13-32)24(18-30-19)20-4-9-25(31-17-20)36-15-14-35-22-7-5-21(29)6-8-22;1-4(2,3)5/h4-9,17-18H,10-16H2,1-3H3,(H,33,34);5H,1-3H3. The molecule has 0 atom stereocenters. The van der Waals surface area contributed by atoms with Crippen LogP contribution in [0, 0.1) is 18.2 Å². The van der Waals surface area contributed by atoms with E-state index in [2.05, 4.69) is 28.7 Å². The zero-order chi connectivity index (χ0) is 30.2. The van der Waals surface area contributed by atoms with Crippen molar-refractivity contribution in [1.29, 1.82) is 0 Å². The Labute approximate surface area is 242 Å². The number of hydrogen-bond donors (Lipinski definition) is 2. The smallest absolute Gasteiger partial charge is 0.307 e. The first-order chi connectivity index (χ1) is 19.2. The number of carbonyl (C=O) groups is 1. The summed E-state index contributed by atoms with van der Waals surface area (Å²) < 4.78 is 24.2. The van der Waals surface area contributed by atoms with Crippen molar-refractivity contribution in [1.82, 2.24) is 9.97 Å². The number of rotatable bonds is 9. The number of carboxylic acids is 1. The highest BCUT2D eigenvalue weighted by atomic mass is 19.1. The number of halogens is 1. The fraction of sp³-hybridized carbons (Fsp3) is 0.469. The predicted octanol–water partition coefficient (Wildman–Crippen LogP) is 6.08. The molecule has 4 rings (SSSR count). The van der Waals surface area contributed by atoms with Gasteiger partial charge in [-0.3, -0.25) is 9.78 Å². The van der Waals surface area contributed by atoms with Crippen LogP contribution in [-0.4, -0.2) is 58.1 Å². The van der Waals surface area contributed by atoms with Crippen molar-refractivity contribution in [2.24, 2.45) is 5.41 Å². The first-order valence-electron chi connectivity index (χ1n) is 13.9. The number of aromatic nitrogens is 2. The van der Waals surface area contributed by atoms with Crippen LogP contribution in [-0.2, 0) is 11.2 Å². The Morgan fingerprint density at radius 1 is 1.00 bits per heavy atom. The van der Waals surface area contributed by atoms with Crippen LogP contribution < -0.4 is 14.4 Å². The Kier molecular flexibility index (Phi) is 10.7. The van der Waals surface area contributed by atoms with Gasteiger partial charge in [-0.25, -0.2) is 9.37 Å². The van der Waals surface area contributed by atoms with Crippen molar-refractivity contribution < 1.29 is 28.9 Å². The molecule has 3 heterocycles. The molecule has 0 saturated carbocycles. The Balaban J connectivity index is 0.000000850. The summed E-state index contributed by atoms with van der Waals surface area (Å²) in [6.45, 7) is 13.9. The van der Waals surface area contributed by atoms with Gasteiger partial charge >= 0.3 is 5.97 Å². The molecule has 0 radical (unpaired) electrons. The molecule has 0 bridgehead atoms. The summed E-state index contributed by atoms with van der Waals surface area (Å²) in [5, 5.41) is 18.1. The quantitative estimate of drug-likeness (QED) is 0.300. The molecule has 41 heavy (non-hydrogen) atoms. The summed E-state index contributed by atoms with van der Waals surface area (Å²) in [5.41, 5.74) is 3.91. The van der Waals surface area contributed by atoms with Crippen molar-refractivity contribution in [2.75, 3.05) is 31.2 Å². The SMILES string of the molecule is CC(C)(C)O.Cc1ncc(-c2ccc(OCCOc3ccc(F)cc3)nc2)c(N2CCC(C)(C)CC2)c1CC(=O)O. The molecule has 0 aliphatic carbocycles. The van der Waals surface area contributed by atoms with Gasteiger partial charge < -0.3 is 24.6 Å². The lowest BCUT2D eigenvalue weighted by Crippen LogP contribution is -2.38. The number of aliphatic carboxylic acids is 1. The third kappa shape index (κ3) is 10.3. The van der Waals surface area contributed by atoms with Gasteiger partial charge in [0.2, 0.25) is 5.88 Å². The summed E-state index contributed by atoms with van der Waals surface area (Å²) in [6.07, 6.45) is 5.52. The average Bonchev–Trinajstić information content (AvgIpc) is 2.88. The molecule has 3 aromatic rings. The first kappa shape index (κ1) is 31.8. The number of hydrogen-bond acceptors (Lipinski definition) is 7. The second-order valence-corrected chi connectivity index (χ2v) is 12.0. The molecule has 0 spiro atoms. The molecule has 1 saturated heterocycles. The van der Waals surface area contributed by atoms with Crippen LogP contribution in [0.15, 0.2) is 48.8 Å². The number of carboxylic acid groups (broad SMARTS) is 1. The van der Waals surface area contributed by atoms with E-state index in [4.69, 9.17) is 14.6 Å². The Morgan fingerprint density at radius 3 is 2.17 bits per heavy atom. The van der Waals surface area contributed by atoms with Crippen molar-refractivity contribution in [3.05, 3.63) is 65.9 Å². The summed E-state index contributed by atoms with van der Waals surface area (Å²) >= 11 is 0. The molecule has 1 aromatic carbocycles. The molecule has 9 heteroatoms. The molecule has 0 amide bonds. The maximum atomic E-state index is 13.0. The third-order valence-corrected chi connectivity index (χ3v) is 6.59. The molecule has 222 valence electrons. The van der Waals surface area contributed by atoms with E-state index in [9.17, 15) is 14.3 Å². The van der Waals surface area contributed by atoms with Gasteiger partial charge in [-0.1, -0.05) is 13.8 Å². The van der Waals surface area contributed by atoms with E-state index >= 15 is 0 Å². The zero-order valence-electron chi connectivity index (χ0n) is 24.9. The first-order valence-corrected chi connectivity index (χ1v) is 13.9. The molecule has 2 aromatic heterocycles. The van der Waals surface area contributed by atoms with Gasteiger partial charge in [0, 0.05) is 53.9 Å². The molecule has 2 N–H and O–H groups in total. The van der Waals surface area contributed by atoms with Crippen LogP contribution in [0.3, 0.4) is 0 Å². The lowest BCUT2D eigenvalue weighted by atomic mass is 9.82. The van der Waals surface area contributed by atoms with Crippen LogP contribution in [0.1, 0.15) is 58.7 Å². The van der Waals surface area contributed by atoms with E-state index in [-0.39, 0.29) is 24.3 Å². The summed E-state index contributed by atoms with van der Waals surface area (Å²) in [7, 11) is 0. The average molecular weight is 568 g/mol. The maximum absolute atomic E-state index is 13.0. The Bertz CT molecular complexity index is 1270. The normalized spacial score (nSPS) is 14.6. The number of nitrogens with zero attached hydrogens (tertiary/aromatic N) is 3. The number of aliphatic hydroxyl groups is 1. The minimum atomic E-state index is -0.875. The van der Waals surface area contributed by atoms with E-state index in [0.717, 1.165) is 54.0 Å². The fourth-order valence-electron chi connectivity index (χ4n) is 4.37. The highest BCUT2D eigenvalue weighted by Crippen LogP contribution is 2.39. The van der Waals surface area contributed by atoms with Gasteiger partial charge in [-0.2, -0.15) is 0 Å². The van der Waals surface area contributed by atoms with Crippen LogP contribution >= 0.6 is 0 Å². The van der Waals surface area contributed by atoms with Crippen LogP contribution in [0.4, 0.5) is 10.1 Å². The zero-order valence-corrected chi connectivity index (χ0v) is 24.9. The minimum Gasteiger partial charge on any atom is -0.490 e. The molecule has 1 fully saturated rings. The van der Waals surface area contributed by atoms with E-state index < -0.39 is 11.6 Å². The Hall–Kier alpha value is -3.72. The molecule has 8 nitrogen and oxygen atoms in total. The largest absolute Gasteiger partial charge is 0.490 e. The van der Waals surface area contributed by atoms with Crippen LogP contribution in [0.25, 0.3) is 11.1 Å². The van der Waals surface area contributed by atoms with Crippen LogP contribution in [0.2, 0.25) is 0 Å². The van der Waals surface area contributed by atoms with Crippen molar-refractivity contribution in [2.45, 2.75) is 66.4 Å². The number of aryl methyl sites for hydroxylation is 1. The van der Waals surface area contributed by atoms with Gasteiger partial charge in [-0.15, -0.1) is 0 Å². The van der Waals surface area contributed by atoms with Crippen molar-refractivity contribution >= 4 is 11.7 Å². The molecular weight excluding hydrogens is 525 g/mol. The van der Waals surface area contributed by atoms with Gasteiger partial charge in [0.25, 0.3) is 0 Å². The lowest BCUT2D eigenvalue weighted by molar-refractivity contribution is -0.136. The van der Waals surface area contributed by atoms with E-state index in [0.29, 0.717) is 18.2 Å². The monoisotopic (exact) mass is 567 g/mol. The third-order valence-electron chi connectivity index (χ3n) is 6.59. The molecule has 1 aliphatic rings. The number of ether oxygens (including phenoxy) is 2. The van der Waals surface area contributed by atoms with Gasteiger partial charge in [0.05, 0.1) is 17.7 Å². The van der Waals surface area contributed by atoms with Gasteiger partial charge in [0.1, 0.15) is 24.8 Å². The summed E-state index contributed by atoms with van der Waals surface area (Å²) in [6, 6.07) is 9.52. The number of pyridine rings is 2.